The van der Waals surface area contributed by atoms with Crippen molar-refractivity contribution in [1.82, 2.24) is 0 Å². The van der Waals surface area contributed by atoms with Gasteiger partial charge in [-0.15, -0.1) is 0 Å². The van der Waals surface area contributed by atoms with Gasteiger partial charge in [-0.3, -0.25) is 0 Å². The summed E-state index contributed by atoms with van der Waals surface area (Å²) >= 11 is 0. The van der Waals surface area contributed by atoms with Gasteiger partial charge in [0, 0.05) is 12.1 Å². The van der Waals surface area contributed by atoms with Crippen molar-refractivity contribution in [2.45, 2.75) is 19.4 Å². The van der Waals surface area contributed by atoms with E-state index in [1.165, 1.54) is 0 Å². The Labute approximate surface area is 83.8 Å². The van der Waals surface area contributed by atoms with Gasteiger partial charge in [0.25, 0.3) is 0 Å². The first kappa shape index (κ1) is 9.34. The summed E-state index contributed by atoms with van der Waals surface area (Å²) in [6, 6.07) is 5.70. The molecule has 0 aliphatic carbocycles. The first-order valence-electron chi connectivity index (χ1n) is 4.86. The fraction of sp³-hybridized carbons (Fsp3) is 0.455. The van der Waals surface area contributed by atoms with E-state index in [0.29, 0.717) is 6.61 Å². The predicted octanol–water partition coefficient (Wildman–Crippen LogP) is 1.74. The molecule has 0 unspecified atom stereocenters. The zero-order chi connectivity index (χ0) is 9.97. The summed E-state index contributed by atoms with van der Waals surface area (Å²) in [4.78, 5) is 0. The number of anilines is 1. The number of nitrogen functional groups attached to an aromatic ring is 1. The molecule has 0 aromatic heterocycles. The highest BCUT2D eigenvalue weighted by atomic mass is 16.5. The highest BCUT2D eigenvalue weighted by molar-refractivity contribution is 5.47. The summed E-state index contributed by atoms with van der Waals surface area (Å²) in [5.41, 5.74) is 7.51. The highest BCUT2D eigenvalue weighted by Crippen LogP contribution is 2.23. The van der Waals surface area contributed by atoms with Gasteiger partial charge in [0.15, 0.2) is 0 Å². The average molecular weight is 193 g/mol. The van der Waals surface area contributed by atoms with Gasteiger partial charge < -0.3 is 15.2 Å². The van der Waals surface area contributed by atoms with E-state index in [-0.39, 0.29) is 6.10 Å². The molecule has 1 aliphatic heterocycles. The third-order valence-corrected chi connectivity index (χ3v) is 2.38. The Bertz CT molecular complexity index is 319. The summed E-state index contributed by atoms with van der Waals surface area (Å²) in [5, 5.41) is 0. The molecule has 2 rings (SSSR count). The smallest absolute Gasteiger partial charge is 0.124 e. The maximum absolute atomic E-state index is 5.78. The van der Waals surface area contributed by atoms with Crippen molar-refractivity contribution in [3.63, 3.8) is 0 Å². The van der Waals surface area contributed by atoms with E-state index < -0.39 is 0 Å². The molecule has 2 N–H and O–H groups in total. The molecule has 0 spiro atoms. The molecule has 1 heterocycles. The Morgan fingerprint density at radius 2 is 2.36 bits per heavy atom. The minimum atomic E-state index is 0.206. The Kier molecular flexibility index (Phi) is 2.59. The summed E-state index contributed by atoms with van der Waals surface area (Å²) in [7, 11) is 0. The van der Waals surface area contributed by atoms with Crippen molar-refractivity contribution in [2.24, 2.45) is 0 Å². The predicted molar refractivity (Wildman–Crippen MR) is 55.4 cm³/mol. The molecule has 14 heavy (non-hydrogen) atoms. The monoisotopic (exact) mass is 193 g/mol. The molecule has 0 saturated carbocycles. The van der Waals surface area contributed by atoms with Crippen molar-refractivity contribution < 1.29 is 9.47 Å². The second-order valence-electron chi connectivity index (χ2n) is 3.63. The van der Waals surface area contributed by atoms with E-state index in [4.69, 9.17) is 15.2 Å². The van der Waals surface area contributed by atoms with Crippen LogP contribution in [0.3, 0.4) is 0 Å². The molecule has 3 heteroatoms. The largest absolute Gasteiger partial charge is 0.488 e. The summed E-state index contributed by atoms with van der Waals surface area (Å²) in [6.07, 6.45) is 1.18. The Balaban J connectivity index is 2.08. The minimum Gasteiger partial charge on any atom is -0.488 e. The van der Waals surface area contributed by atoms with E-state index in [1.807, 2.05) is 25.1 Å². The van der Waals surface area contributed by atoms with Crippen LogP contribution >= 0.6 is 0 Å². The van der Waals surface area contributed by atoms with Crippen molar-refractivity contribution in [2.75, 3.05) is 18.9 Å². The van der Waals surface area contributed by atoms with Gasteiger partial charge in [0.2, 0.25) is 0 Å². The number of hydrogen-bond donors (Lipinski definition) is 1. The van der Waals surface area contributed by atoms with Crippen molar-refractivity contribution in [1.29, 1.82) is 0 Å². The summed E-state index contributed by atoms with van der Waals surface area (Å²) in [5.74, 6) is 0.912. The third kappa shape index (κ3) is 1.99. The SMILES string of the molecule is Cc1cc(N)ccc1O[C@H]1CCOC1. The van der Waals surface area contributed by atoms with Crippen LogP contribution in [0.5, 0.6) is 5.75 Å². The summed E-state index contributed by atoms with van der Waals surface area (Å²) < 4.78 is 11.0. The normalized spacial score (nSPS) is 21.1. The Morgan fingerprint density at radius 3 is 3.00 bits per heavy atom. The van der Waals surface area contributed by atoms with Gasteiger partial charge in [-0.05, 0) is 30.7 Å². The molecule has 0 bridgehead atoms. The van der Waals surface area contributed by atoms with Crippen LogP contribution in [0.4, 0.5) is 5.69 Å². The molecule has 1 atom stereocenters. The van der Waals surface area contributed by atoms with Crippen LogP contribution in [-0.4, -0.2) is 19.3 Å². The number of nitrogens with two attached hydrogens (primary N) is 1. The molecule has 0 amide bonds. The maximum atomic E-state index is 5.78. The van der Waals surface area contributed by atoms with Crippen molar-refractivity contribution in [3.05, 3.63) is 23.8 Å². The van der Waals surface area contributed by atoms with Crippen molar-refractivity contribution >= 4 is 5.69 Å². The van der Waals surface area contributed by atoms with Crippen LogP contribution in [0.25, 0.3) is 0 Å². The van der Waals surface area contributed by atoms with Gasteiger partial charge in [-0.2, -0.15) is 0 Å². The van der Waals surface area contributed by atoms with E-state index >= 15 is 0 Å². The molecule has 0 radical (unpaired) electrons. The van der Waals surface area contributed by atoms with Gasteiger partial charge in [0.05, 0.1) is 13.2 Å². The second kappa shape index (κ2) is 3.88. The molecule has 76 valence electrons. The Hall–Kier alpha value is -1.22. The molecule has 1 fully saturated rings. The third-order valence-electron chi connectivity index (χ3n) is 2.38. The summed E-state index contributed by atoms with van der Waals surface area (Å²) in [6.45, 7) is 3.50. The minimum absolute atomic E-state index is 0.206. The fourth-order valence-corrected chi connectivity index (χ4v) is 1.59. The first-order valence-corrected chi connectivity index (χ1v) is 4.86. The number of benzene rings is 1. The molecular formula is C11H15NO2. The topological polar surface area (TPSA) is 44.5 Å². The maximum Gasteiger partial charge on any atom is 0.124 e. The number of rotatable bonds is 2. The number of hydrogen-bond acceptors (Lipinski definition) is 3. The van der Waals surface area contributed by atoms with E-state index in [1.54, 1.807) is 0 Å². The Morgan fingerprint density at radius 1 is 1.50 bits per heavy atom. The molecule has 1 aromatic rings. The lowest BCUT2D eigenvalue weighted by molar-refractivity contribution is 0.141. The van der Waals surface area contributed by atoms with Crippen LogP contribution in [0.1, 0.15) is 12.0 Å². The zero-order valence-electron chi connectivity index (χ0n) is 8.32. The molecular weight excluding hydrogens is 178 g/mol. The van der Waals surface area contributed by atoms with E-state index in [0.717, 1.165) is 30.0 Å². The molecule has 1 aliphatic rings. The first-order chi connectivity index (χ1) is 6.75. The lowest BCUT2D eigenvalue weighted by Gasteiger charge is -2.14. The van der Waals surface area contributed by atoms with Crippen LogP contribution in [0, 0.1) is 6.92 Å². The van der Waals surface area contributed by atoms with Crippen LogP contribution < -0.4 is 10.5 Å². The van der Waals surface area contributed by atoms with Crippen molar-refractivity contribution in [3.8, 4) is 5.75 Å². The highest BCUT2D eigenvalue weighted by Gasteiger charge is 2.17. The van der Waals surface area contributed by atoms with Crippen LogP contribution in [0.2, 0.25) is 0 Å². The van der Waals surface area contributed by atoms with Crippen LogP contribution in [-0.2, 0) is 4.74 Å². The fourth-order valence-electron chi connectivity index (χ4n) is 1.59. The quantitative estimate of drug-likeness (QED) is 0.728. The number of aryl methyl sites for hydroxylation is 1. The average Bonchev–Trinajstić information content (AvgIpc) is 2.62. The lowest BCUT2D eigenvalue weighted by Crippen LogP contribution is -2.16. The standard InChI is InChI=1S/C11H15NO2/c1-8-6-9(12)2-3-11(8)14-10-4-5-13-7-10/h2-3,6,10H,4-5,7,12H2,1H3/t10-/m0/s1. The van der Waals surface area contributed by atoms with Gasteiger partial charge in [-0.25, -0.2) is 0 Å². The van der Waals surface area contributed by atoms with E-state index in [2.05, 4.69) is 0 Å². The van der Waals surface area contributed by atoms with Gasteiger partial charge in [0.1, 0.15) is 11.9 Å². The molecule has 1 aromatic carbocycles. The van der Waals surface area contributed by atoms with Crippen LogP contribution in [0.15, 0.2) is 18.2 Å². The lowest BCUT2D eigenvalue weighted by atomic mass is 10.2. The second-order valence-corrected chi connectivity index (χ2v) is 3.63. The zero-order valence-corrected chi connectivity index (χ0v) is 8.32. The van der Waals surface area contributed by atoms with Gasteiger partial charge >= 0.3 is 0 Å². The number of ether oxygens (including phenoxy) is 2. The molecule has 1 saturated heterocycles. The van der Waals surface area contributed by atoms with E-state index in [9.17, 15) is 0 Å². The van der Waals surface area contributed by atoms with Gasteiger partial charge in [-0.1, -0.05) is 0 Å². The molecule has 3 nitrogen and oxygen atoms in total.